The van der Waals surface area contributed by atoms with E-state index in [1.54, 1.807) is 0 Å². The molecule has 4 heteroatoms. The summed E-state index contributed by atoms with van der Waals surface area (Å²) in [6.45, 7) is 4.75. The number of hydrogen-bond donors (Lipinski definition) is 1. The quantitative estimate of drug-likeness (QED) is 0.752. The lowest BCUT2D eigenvalue weighted by Crippen LogP contribution is -2.02. The molecule has 0 amide bonds. The third-order valence-electron chi connectivity index (χ3n) is 2.97. The second-order valence-electron chi connectivity index (χ2n) is 4.54. The highest BCUT2D eigenvalue weighted by atomic mass is 35.5. The molecule has 0 aliphatic carbocycles. The van der Waals surface area contributed by atoms with Crippen molar-refractivity contribution in [3.05, 3.63) is 62.9 Å². The monoisotopic (exact) mass is 297 g/mol. The van der Waals surface area contributed by atoms with Crippen LogP contribution in [-0.4, -0.2) is 0 Å². The van der Waals surface area contributed by atoms with E-state index in [4.69, 9.17) is 23.2 Å². The minimum absolute atomic E-state index is 0.0240. The topological polar surface area (TPSA) is 12.0 Å². The highest BCUT2D eigenvalue weighted by molar-refractivity contribution is 6.35. The third kappa shape index (κ3) is 3.40. The van der Waals surface area contributed by atoms with Crippen LogP contribution in [0.1, 0.15) is 16.7 Å². The molecule has 0 radical (unpaired) electrons. The van der Waals surface area contributed by atoms with Gasteiger partial charge in [0.15, 0.2) is 5.82 Å². The number of hydrogen-bond acceptors (Lipinski definition) is 1. The van der Waals surface area contributed by atoms with Gasteiger partial charge in [0.25, 0.3) is 0 Å². The molecular weight excluding hydrogens is 284 g/mol. The molecule has 2 aromatic rings. The molecule has 2 rings (SSSR count). The molecule has 1 nitrogen and oxygen atoms in total. The van der Waals surface area contributed by atoms with Gasteiger partial charge in [0, 0.05) is 12.2 Å². The van der Waals surface area contributed by atoms with Gasteiger partial charge in [-0.25, -0.2) is 4.39 Å². The Morgan fingerprint density at radius 2 is 1.68 bits per heavy atom. The Kier molecular flexibility index (Phi) is 4.33. The van der Waals surface area contributed by atoms with Crippen molar-refractivity contribution in [2.45, 2.75) is 20.4 Å². The van der Waals surface area contributed by atoms with Crippen molar-refractivity contribution < 1.29 is 4.39 Å². The largest absolute Gasteiger partial charge is 0.381 e. The molecule has 19 heavy (non-hydrogen) atoms. The Labute approximate surface area is 122 Å². The van der Waals surface area contributed by atoms with E-state index in [0.29, 0.717) is 12.2 Å². The Bertz CT molecular complexity index is 588. The standard InChI is InChI=1S/C15H14Cl2FN/c1-9-3-4-10(2)11(5-9)8-19-12-6-13(16)15(18)14(17)7-12/h3-7,19H,8H2,1-2H3. The molecule has 0 heterocycles. The lowest BCUT2D eigenvalue weighted by Gasteiger charge is -2.11. The van der Waals surface area contributed by atoms with Gasteiger partial charge in [-0.05, 0) is 37.1 Å². The van der Waals surface area contributed by atoms with Crippen LogP contribution in [0, 0.1) is 19.7 Å². The first-order valence-corrected chi connectivity index (χ1v) is 6.67. The zero-order valence-electron chi connectivity index (χ0n) is 10.7. The van der Waals surface area contributed by atoms with Crippen LogP contribution in [0.15, 0.2) is 30.3 Å². The first-order valence-electron chi connectivity index (χ1n) is 5.92. The molecule has 100 valence electrons. The first-order chi connectivity index (χ1) is 8.97. The average molecular weight is 298 g/mol. The van der Waals surface area contributed by atoms with Crippen molar-refractivity contribution in [2.24, 2.45) is 0 Å². The molecule has 0 saturated carbocycles. The van der Waals surface area contributed by atoms with Crippen LogP contribution in [0.25, 0.3) is 0 Å². The highest BCUT2D eigenvalue weighted by Crippen LogP contribution is 2.27. The van der Waals surface area contributed by atoms with Crippen LogP contribution in [0.2, 0.25) is 10.0 Å². The Morgan fingerprint density at radius 1 is 1.05 bits per heavy atom. The second-order valence-corrected chi connectivity index (χ2v) is 5.35. The maximum atomic E-state index is 13.3. The second kappa shape index (κ2) is 5.81. The van der Waals surface area contributed by atoms with Crippen LogP contribution in [0.4, 0.5) is 10.1 Å². The third-order valence-corrected chi connectivity index (χ3v) is 3.52. The van der Waals surface area contributed by atoms with E-state index in [-0.39, 0.29) is 10.0 Å². The summed E-state index contributed by atoms with van der Waals surface area (Å²) in [6.07, 6.45) is 0. The predicted molar refractivity (Wildman–Crippen MR) is 79.7 cm³/mol. The minimum atomic E-state index is -0.583. The summed E-state index contributed by atoms with van der Waals surface area (Å²) < 4.78 is 13.3. The van der Waals surface area contributed by atoms with Crippen LogP contribution in [-0.2, 0) is 6.54 Å². The number of rotatable bonds is 3. The van der Waals surface area contributed by atoms with Crippen molar-refractivity contribution >= 4 is 28.9 Å². The highest BCUT2D eigenvalue weighted by Gasteiger charge is 2.07. The van der Waals surface area contributed by atoms with Crippen LogP contribution < -0.4 is 5.32 Å². The van der Waals surface area contributed by atoms with Gasteiger partial charge in [0.1, 0.15) is 0 Å². The van der Waals surface area contributed by atoms with Crippen molar-refractivity contribution in [2.75, 3.05) is 5.32 Å². The molecule has 0 bridgehead atoms. The fourth-order valence-corrected chi connectivity index (χ4v) is 2.33. The maximum Gasteiger partial charge on any atom is 0.160 e. The number of anilines is 1. The van der Waals surface area contributed by atoms with Crippen molar-refractivity contribution in [3.63, 3.8) is 0 Å². The van der Waals surface area contributed by atoms with E-state index in [2.05, 4.69) is 37.4 Å². The van der Waals surface area contributed by atoms with Crippen molar-refractivity contribution in [1.82, 2.24) is 0 Å². The molecular formula is C15H14Cl2FN. The maximum absolute atomic E-state index is 13.3. The minimum Gasteiger partial charge on any atom is -0.381 e. The Morgan fingerprint density at radius 3 is 2.32 bits per heavy atom. The van der Waals surface area contributed by atoms with E-state index in [1.807, 2.05) is 0 Å². The SMILES string of the molecule is Cc1ccc(C)c(CNc2cc(Cl)c(F)c(Cl)c2)c1. The molecule has 0 fully saturated rings. The summed E-state index contributed by atoms with van der Waals surface area (Å²) in [4.78, 5) is 0. The number of aryl methyl sites for hydroxylation is 2. The van der Waals surface area contributed by atoms with Gasteiger partial charge in [-0.3, -0.25) is 0 Å². The lowest BCUT2D eigenvalue weighted by molar-refractivity contribution is 0.629. The molecule has 0 spiro atoms. The van der Waals surface area contributed by atoms with Gasteiger partial charge >= 0.3 is 0 Å². The first kappa shape index (κ1) is 14.2. The lowest BCUT2D eigenvalue weighted by atomic mass is 10.1. The van der Waals surface area contributed by atoms with Gasteiger partial charge in [0.2, 0.25) is 0 Å². The van der Waals surface area contributed by atoms with Crippen molar-refractivity contribution in [1.29, 1.82) is 0 Å². The predicted octanol–water partition coefficient (Wildman–Crippen LogP) is 5.36. The van der Waals surface area contributed by atoms with Gasteiger partial charge in [-0.15, -0.1) is 0 Å². The Hall–Kier alpha value is -1.25. The molecule has 0 saturated heterocycles. The Balaban J connectivity index is 2.17. The molecule has 0 aromatic heterocycles. The fraction of sp³-hybridized carbons (Fsp3) is 0.200. The molecule has 0 aliphatic rings. The van der Waals surface area contributed by atoms with Gasteiger partial charge in [-0.1, -0.05) is 47.0 Å². The zero-order chi connectivity index (χ0) is 14.0. The molecule has 2 aromatic carbocycles. The summed E-state index contributed by atoms with van der Waals surface area (Å²) in [7, 11) is 0. The van der Waals surface area contributed by atoms with E-state index in [9.17, 15) is 4.39 Å². The average Bonchev–Trinajstić information content (AvgIpc) is 2.37. The number of halogens is 3. The molecule has 0 aliphatic heterocycles. The van der Waals surface area contributed by atoms with E-state index >= 15 is 0 Å². The van der Waals surface area contributed by atoms with Gasteiger partial charge in [0.05, 0.1) is 10.0 Å². The van der Waals surface area contributed by atoms with E-state index in [1.165, 1.54) is 28.8 Å². The summed E-state index contributed by atoms with van der Waals surface area (Å²) in [5, 5.41) is 3.25. The number of nitrogens with one attached hydrogen (secondary N) is 1. The van der Waals surface area contributed by atoms with E-state index < -0.39 is 5.82 Å². The van der Waals surface area contributed by atoms with Crippen molar-refractivity contribution in [3.8, 4) is 0 Å². The van der Waals surface area contributed by atoms with Crippen LogP contribution in [0.5, 0.6) is 0 Å². The molecule has 0 atom stereocenters. The summed E-state index contributed by atoms with van der Waals surface area (Å²) in [6, 6.07) is 9.35. The van der Waals surface area contributed by atoms with Crippen LogP contribution in [0.3, 0.4) is 0 Å². The fourth-order valence-electron chi connectivity index (χ4n) is 1.85. The van der Waals surface area contributed by atoms with E-state index in [0.717, 1.165) is 0 Å². The summed E-state index contributed by atoms with van der Waals surface area (Å²) >= 11 is 11.5. The molecule has 1 N–H and O–H groups in total. The number of benzene rings is 2. The van der Waals surface area contributed by atoms with Gasteiger partial charge < -0.3 is 5.32 Å². The smallest absolute Gasteiger partial charge is 0.160 e. The summed E-state index contributed by atoms with van der Waals surface area (Å²) in [5.74, 6) is -0.583. The zero-order valence-corrected chi connectivity index (χ0v) is 12.2. The van der Waals surface area contributed by atoms with Gasteiger partial charge in [-0.2, -0.15) is 0 Å². The molecule has 0 unspecified atom stereocenters. The summed E-state index contributed by atoms with van der Waals surface area (Å²) in [5.41, 5.74) is 4.31. The normalized spacial score (nSPS) is 10.6. The van der Waals surface area contributed by atoms with Crippen LogP contribution >= 0.6 is 23.2 Å².